The molecule has 0 fully saturated rings. The highest BCUT2D eigenvalue weighted by Crippen LogP contribution is 1.88. The van der Waals surface area contributed by atoms with Crippen molar-refractivity contribution in [3.05, 3.63) is 0 Å². The summed E-state index contributed by atoms with van der Waals surface area (Å²) in [5.41, 5.74) is 0. The van der Waals surface area contributed by atoms with Crippen molar-refractivity contribution in [3.63, 3.8) is 0 Å². The van der Waals surface area contributed by atoms with Gasteiger partial charge in [-0.3, -0.25) is 0 Å². The van der Waals surface area contributed by atoms with Crippen molar-refractivity contribution in [2.75, 3.05) is 26.8 Å². The summed E-state index contributed by atoms with van der Waals surface area (Å²) >= 11 is 4.83. The third-order valence-electron chi connectivity index (χ3n) is 1.01. The first-order chi connectivity index (χ1) is 4.72. The first kappa shape index (κ1) is 9.65. The molecule has 0 aromatic rings. The highest BCUT2D eigenvalue weighted by Gasteiger charge is 2.01. The lowest BCUT2D eigenvalue weighted by molar-refractivity contribution is 0.226. The van der Waals surface area contributed by atoms with Crippen molar-refractivity contribution in [2.45, 2.75) is 6.92 Å². The van der Waals surface area contributed by atoms with E-state index in [-0.39, 0.29) is 6.61 Å². The van der Waals surface area contributed by atoms with Crippen molar-refractivity contribution < 1.29 is 9.84 Å². The standard InChI is InChI=1S/C6H13NO2S/c1-3-9-6(10)7(2)4-5-8/h8H,3-5H2,1-2H3. The molecule has 0 aliphatic carbocycles. The van der Waals surface area contributed by atoms with Gasteiger partial charge in [0.2, 0.25) is 0 Å². The zero-order valence-corrected chi connectivity index (χ0v) is 7.15. The number of rotatable bonds is 3. The maximum absolute atomic E-state index is 8.50. The predicted octanol–water partition coefficient (Wildman–Crippen LogP) is 0.232. The van der Waals surface area contributed by atoms with E-state index < -0.39 is 0 Å². The molecule has 4 heteroatoms. The van der Waals surface area contributed by atoms with E-state index in [4.69, 9.17) is 22.1 Å². The van der Waals surface area contributed by atoms with Gasteiger partial charge in [0.25, 0.3) is 5.17 Å². The Labute approximate surface area is 66.6 Å². The van der Waals surface area contributed by atoms with Gasteiger partial charge in [-0.05, 0) is 19.1 Å². The molecular weight excluding hydrogens is 150 g/mol. The average Bonchev–Trinajstić information content (AvgIpc) is 1.89. The summed E-state index contributed by atoms with van der Waals surface area (Å²) in [5, 5.41) is 8.94. The number of likely N-dealkylation sites (N-methyl/N-ethyl adjacent to an activating group) is 1. The minimum absolute atomic E-state index is 0.101. The van der Waals surface area contributed by atoms with Crippen LogP contribution in [0.4, 0.5) is 0 Å². The average molecular weight is 163 g/mol. The van der Waals surface area contributed by atoms with Crippen molar-refractivity contribution in [3.8, 4) is 0 Å². The van der Waals surface area contributed by atoms with Crippen molar-refractivity contribution in [1.29, 1.82) is 0 Å². The van der Waals surface area contributed by atoms with Gasteiger partial charge in [0.1, 0.15) is 0 Å². The first-order valence-electron chi connectivity index (χ1n) is 3.21. The fraction of sp³-hybridized carbons (Fsp3) is 0.833. The lowest BCUT2D eigenvalue weighted by Gasteiger charge is -2.17. The molecule has 0 heterocycles. The van der Waals surface area contributed by atoms with E-state index >= 15 is 0 Å². The molecule has 0 unspecified atom stereocenters. The van der Waals surface area contributed by atoms with Crippen LogP contribution in [0.5, 0.6) is 0 Å². The lowest BCUT2D eigenvalue weighted by atomic mass is 10.6. The molecule has 1 N–H and O–H groups in total. The van der Waals surface area contributed by atoms with E-state index in [2.05, 4.69) is 0 Å². The second kappa shape index (κ2) is 5.44. The zero-order chi connectivity index (χ0) is 7.98. The smallest absolute Gasteiger partial charge is 0.259 e. The van der Waals surface area contributed by atoms with Crippen LogP contribution in [-0.2, 0) is 4.74 Å². The summed E-state index contributed by atoms with van der Waals surface area (Å²) in [6, 6.07) is 0. The molecular formula is C6H13NO2S. The SMILES string of the molecule is CCOC(=S)N(C)CCO. The molecule has 10 heavy (non-hydrogen) atoms. The lowest BCUT2D eigenvalue weighted by Crippen LogP contribution is -2.29. The Kier molecular flexibility index (Phi) is 5.25. The highest BCUT2D eigenvalue weighted by molar-refractivity contribution is 7.80. The number of nitrogens with zero attached hydrogens (tertiary/aromatic N) is 1. The van der Waals surface area contributed by atoms with E-state index in [0.29, 0.717) is 18.3 Å². The number of thiocarbonyl (C=S) groups is 1. The summed E-state index contributed by atoms with van der Waals surface area (Å²) in [6.07, 6.45) is 0. The fourth-order valence-electron chi connectivity index (χ4n) is 0.475. The number of aliphatic hydroxyl groups excluding tert-OH is 1. The molecule has 0 radical (unpaired) electrons. The molecule has 0 amide bonds. The summed E-state index contributed by atoms with van der Waals surface area (Å²) < 4.78 is 5.00. The normalized spacial score (nSPS) is 9.10. The largest absolute Gasteiger partial charge is 0.471 e. The summed E-state index contributed by atoms with van der Waals surface area (Å²) in [4.78, 5) is 1.69. The molecule has 0 aromatic carbocycles. The third-order valence-corrected chi connectivity index (χ3v) is 1.44. The Morgan fingerprint density at radius 2 is 2.30 bits per heavy atom. The van der Waals surface area contributed by atoms with Gasteiger partial charge in [-0.25, -0.2) is 0 Å². The Hall–Kier alpha value is -0.350. The monoisotopic (exact) mass is 163 g/mol. The van der Waals surface area contributed by atoms with Gasteiger partial charge < -0.3 is 14.7 Å². The molecule has 60 valence electrons. The molecule has 0 aliphatic rings. The fourth-order valence-corrected chi connectivity index (χ4v) is 0.684. The van der Waals surface area contributed by atoms with Gasteiger partial charge in [-0.1, -0.05) is 0 Å². The maximum atomic E-state index is 8.50. The van der Waals surface area contributed by atoms with Crippen LogP contribution in [0.3, 0.4) is 0 Å². The third kappa shape index (κ3) is 3.63. The first-order valence-corrected chi connectivity index (χ1v) is 3.62. The number of aliphatic hydroxyl groups is 1. The van der Waals surface area contributed by atoms with Gasteiger partial charge in [-0.15, -0.1) is 0 Å². The van der Waals surface area contributed by atoms with Crippen molar-refractivity contribution in [1.82, 2.24) is 4.90 Å². The highest BCUT2D eigenvalue weighted by atomic mass is 32.1. The molecule has 0 spiro atoms. The van der Waals surface area contributed by atoms with Crippen molar-refractivity contribution in [2.24, 2.45) is 0 Å². The van der Waals surface area contributed by atoms with E-state index in [1.165, 1.54) is 0 Å². The number of hydrogen-bond acceptors (Lipinski definition) is 3. The van der Waals surface area contributed by atoms with Crippen LogP contribution in [-0.4, -0.2) is 42.0 Å². The molecule has 0 rings (SSSR count). The quantitative estimate of drug-likeness (QED) is 0.604. The summed E-state index contributed by atoms with van der Waals surface area (Å²) in [5.74, 6) is 0. The second-order valence-electron chi connectivity index (χ2n) is 1.84. The Morgan fingerprint density at radius 1 is 1.70 bits per heavy atom. The maximum Gasteiger partial charge on any atom is 0.259 e. The number of hydrogen-bond donors (Lipinski definition) is 1. The van der Waals surface area contributed by atoms with Crippen LogP contribution in [0, 0.1) is 0 Å². The van der Waals surface area contributed by atoms with Crippen molar-refractivity contribution >= 4 is 17.4 Å². The van der Waals surface area contributed by atoms with E-state index in [0.717, 1.165) is 0 Å². The molecule has 0 saturated heterocycles. The van der Waals surface area contributed by atoms with Crippen LogP contribution in [0.25, 0.3) is 0 Å². The summed E-state index contributed by atoms with van der Waals surface area (Å²) in [7, 11) is 1.79. The van der Waals surface area contributed by atoms with E-state index in [1.807, 2.05) is 6.92 Å². The van der Waals surface area contributed by atoms with E-state index in [9.17, 15) is 0 Å². The van der Waals surface area contributed by atoms with Crippen LogP contribution in [0.2, 0.25) is 0 Å². The molecule has 0 bridgehead atoms. The second-order valence-corrected chi connectivity index (χ2v) is 2.19. The van der Waals surface area contributed by atoms with E-state index in [1.54, 1.807) is 11.9 Å². The molecule has 0 aromatic heterocycles. The van der Waals surface area contributed by atoms with Crippen LogP contribution < -0.4 is 0 Å². The van der Waals surface area contributed by atoms with Gasteiger partial charge in [-0.2, -0.15) is 0 Å². The molecule has 3 nitrogen and oxygen atoms in total. The van der Waals surface area contributed by atoms with Crippen LogP contribution in [0.1, 0.15) is 6.92 Å². The predicted molar refractivity (Wildman–Crippen MR) is 43.9 cm³/mol. The molecule has 0 aliphatic heterocycles. The van der Waals surface area contributed by atoms with Gasteiger partial charge in [0, 0.05) is 13.6 Å². The van der Waals surface area contributed by atoms with Gasteiger partial charge >= 0.3 is 0 Å². The molecule has 0 atom stereocenters. The summed E-state index contributed by atoms with van der Waals surface area (Å²) in [6.45, 7) is 3.08. The minimum Gasteiger partial charge on any atom is -0.471 e. The molecule has 0 saturated carbocycles. The zero-order valence-electron chi connectivity index (χ0n) is 6.33. The Morgan fingerprint density at radius 3 is 2.70 bits per heavy atom. The Bertz CT molecular complexity index is 108. The Balaban J connectivity index is 3.49. The van der Waals surface area contributed by atoms with Gasteiger partial charge in [0.05, 0.1) is 13.2 Å². The number of ether oxygens (including phenoxy) is 1. The van der Waals surface area contributed by atoms with Crippen LogP contribution in [0.15, 0.2) is 0 Å². The van der Waals surface area contributed by atoms with Gasteiger partial charge in [0.15, 0.2) is 0 Å². The minimum atomic E-state index is 0.101. The topological polar surface area (TPSA) is 32.7 Å². The van der Waals surface area contributed by atoms with Crippen LogP contribution >= 0.6 is 12.2 Å².